The molecule has 0 spiro atoms. The molecule has 28 heavy (non-hydrogen) atoms. The Morgan fingerprint density at radius 2 is 1.71 bits per heavy atom. The second kappa shape index (κ2) is 10.0. The molecule has 2 aromatic carbocycles. The first-order chi connectivity index (χ1) is 13.6. The van der Waals surface area contributed by atoms with E-state index in [1.807, 2.05) is 0 Å². The van der Waals surface area contributed by atoms with Gasteiger partial charge in [-0.3, -0.25) is 14.5 Å². The molecule has 0 saturated carbocycles. The molecular weight excluding hydrogens is 352 g/mol. The van der Waals surface area contributed by atoms with Crippen molar-refractivity contribution in [3.05, 3.63) is 65.2 Å². The van der Waals surface area contributed by atoms with Crippen LogP contribution < -0.4 is 10.1 Å². The Kier molecular flexibility index (Phi) is 7.20. The average molecular weight is 380 g/mol. The van der Waals surface area contributed by atoms with Gasteiger partial charge in [0, 0.05) is 18.7 Å². The number of benzene rings is 2. The fraction of sp³-hybridized carbons (Fsp3) is 0.391. The molecule has 1 amide bonds. The summed E-state index contributed by atoms with van der Waals surface area (Å²) in [6.45, 7) is 5.28. The van der Waals surface area contributed by atoms with E-state index in [-0.39, 0.29) is 18.3 Å². The summed E-state index contributed by atoms with van der Waals surface area (Å²) in [5.74, 6) is 0.300. The van der Waals surface area contributed by atoms with Crippen LogP contribution in [0.3, 0.4) is 0 Å². The van der Waals surface area contributed by atoms with Crippen LogP contribution in [0.5, 0.6) is 5.75 Å². The Morgan fingerprint density at radius 1 is 1.00 bits per heavy atom. The van der Waals surface area contributed by atoms with Gasteiger partial charge in [-0.25, -0.2) is 0 Å². The van der Waals surface area contributed by atoms with Gasteiger partial charge in [-0.2, -0.15) is 0 Å². The van der Waals surface area contributed by atoms with Gasteiger partial charge in [-0.1, -0.05) is 42.8 Å². The molecule has 148 valence electrons. The fourth-order valence-electron chi connectivity index (χ4n) is 3.34. The zero-order chi connectivity index (χ0) is 19.8. The predicted octanol–water partition coefficient (Wildman–Crippen LogP) is 3.57. The van der Waals surface area contributed by atoms with Crippen molar-refractivity contribution >= 4 is 11.7 Å². The summed E-state index contributed by atoms with van der Waals surface area (Å²) in [6, 6.07) is 15.3. The lowest BCUT2D eigenvalue weighted by atomic mass is 10.1. The predicted molar refractivity (Wildman–Crippen MR) is 109 cm³/mol. The minimum absolute atomic E-state index is 0.0290. The van der Waals surface area contributed by atoms with E-state index in [1.54, 1.807) is 24.3 Å². The first-order valence-corrected chi connectivity index (χ1v) is 9.91. The largest absolute Gasteiger partial charge is 0.484 e. The van der Waals surface area contributed by atoms with E-state index >= 15 is 0 Å². The summed E-state index contributed by atoms with van der Waals surface area (Å²) in [6.07, 6.45) is 3.94. The summed E-state index contributed by atoms with van der Waals surface area (Å²) >= 11 is 0. The standard InChI is InChI=1S/C23H28N2O3/c1-18(26)21-6-5-7-22(14-21)28-17-23(27)24-15-19-8-10-20(11-9-19)16-25-12-3-2-4-13-25/h5-11,14H,2-4,12-13,15-17H2,1H3,(H,24,27). The Hall–Kier alpha value is -2.66. The van der Waals surface area contributed by atoms with Crippen molar-refractivity contribution in [1.82, 2.24) is 10.2 Å². The van der Waals surface area contributed by atoms with E-state index in [4.69, 9.17) is 4.74 Å². The van der Waals surface area contributed by atoms with E-state index in [1.165, 1.54) is 44.8 Å². The minimum atomic E-state index is -0.189. The highest BCUT2D eigenvalue weighted by Gasteiger charge is 2.10. The number of nitrogens with one attached hydrogen (secondary N) is 1. The van der Waals surface area contributed by atoms with Crippen molar-refractivity contribution in [3.8, 4) is 5.75 Å². The highest BCUT2D eigenvalue weighted by Crippen LogP contribution is 2.15. The van der Waals surface area contributed by atoms with Gasteiger partial charge in [0.2, 0.25) is 0 Å². The van der Waals surface area contributed by atoms with Crippen molar-refractivity contribution in [2.75, 3.05) is 19.7 Å². The Balaban J connectivity index is 1.41. The molecule has 1 fully saturated rings. The van der Waals surface area contributed by atoms with Crippen LogP contribution in [0.2, 0.25) is 0 Å². The van der Waals surface area contributed by atoms with Crippen LogP contribution in [0.15, 0.2) is 48.5 Å². The van der Waals surface area contributed by atoms with Crippen LogP contribution in [0, 0.1) is 0 Å². The smallest absolute Gasteiger partial charge is 0.258 e. The molecule has 1 aliphatic rings. The number of hydrogen-bond acceptors (Lipinski definition) is 4. The van der Waals surface area contributed by atoms with Gasteiger partial charge in [-0.15, -0.1) is 0 Å². The molecule has 1 saturated heterocycles. The average Bonchev–Trinajstić information content (AvgIpc) is 2.73. The van der Waals surface area contributed by atoms with Crippen molar-refractivity contribution < 1.29 is 14.3 Å². The summed E-state index contributed by atoms with van der Waals surface area (Å²) in [7, 11) is 0. The van der Waals surface area contributed by atoms with E-state index in [0.29, 0.717) is 17.9 Å². The quantitative estimate of drug-likeness (QED) is 0.712. The van der Waals surface area contributed by atoms with Crippen molar-refractivity contribution in [1.29, 1.82) is 0 Å². The van der Waals surface area contributed by atoms with Crippen molar-refractivity contribution in [2.24, 2.45) is 0 Å². The molecule has 1 aliphatic heterocycles. The number of ketones is 1. The molecule has 1 N–H and O–H groups in total. The second-order valence-corrected chi connectivity index (χ2v) is 7.30. The van der Waals surface area contributed by atoms with Crippen LogP contribution in [-0.2, 0) is 17.9 Å². The van der Waals surface area contributed by atoms with Gasteiger partial charge in [0.15, 0.2) is 12.4 Å². The van der Waals surface area contributed by atoms with E-state index < -0.39 is 0 Å². The second-order valence-electron chi connectivity index (χ2n) is 7.30. The molecule has 0 radical (unpaired) electrons. The Morgan fingerprint density at radius 3 is 2.43 bits per heavy atom. The maximum atomic E-state index is 12.0. The summed E-state index contributed by atoms with van der Waals surface area (Å²) in [5.41, 5.74) is 2.95. The summed E-state index contributed by atoms with van der Waals surface area (Å²) in [5, 5.41) is 2.87. The number of nitrogens with zero attached hydrogens (tertiary/aromatic N) is 1. The number of hydrogen-bond donors (Lipinski definition) is 1. The van der Waals surface area contributed by atoms with Crippen LogP contribution in [0.1, 0.15) is 47.7 Å². The van der Waals surface area contributed by atoms with Gasteiger partial charge in [0.05, 0.1) is 0 Å². The van der Waals surface area contributed by atoms with Gasteiger partial charge < -0.3 is 10.1 Å². The highest BCUT2D eigenvalue weighted by molar-refractivity contribution is 5.94. The molecule has 3 rings (SSSR count). The third-order valence-corrected chi connectivity index (χ3v) is 4.98. The molecule has 2 aromatic rings. The Bertz CT molecular complexity index is 796. The highest BCUT2D eigenvalue weighted by atomic mass is 16.5. The summed E-state index contributed by atoms with van der Waals surface area (Å²) < 4.78 is 5.48. The minimum Gasteiger partial charge on any atom is -0.484 e. The number of ether oxygens (including phenoxy) is 1. The molecular formula is C23H28N2O3. The lowest BCUT2D eigenvalue weighted by molar-refractivity contribution is -0.123. The first-order valence-electron chi connectivity index (χ1n) is 9.91. The van der Waals surface area contributed by atoms with Crippen molar-refractivity contribution in [3.63, 3.8) is 0 Å². The van der Waals surface area contributed by atoms with Gasteiger partial charge >= 0.3 is 0 Å². The number of carbonyl (C=O) groups is 2. The third-order valence-electron chi connectivity index (χ3n) is 4.98. The molecule has 0 aliphatic carbocycles. The van der Waals surface area contributed by atoms with Gasteiger partial charge in [0.25, 0.3) is 5.91 Å². The zero-order valence-electron chi connectivity index (χ0n) is 16.4. The van der Waals surface area contributed by atoms with Crippen LogP contribution in [-0.4, -0.2) is 36.3 Å². The van der Waals surface area contributed by atoms with Gasteiger partial charge in [0.1, 0.15) is 5.75 Å². The Labute approximate surface area is 166 Å². The van der Waals surface area contributed by atoms with E-state index in [9.17, 15) is 9.59 Å². The van der Waals surface area contributed by atoms with Crippen molar-refractivity contribution in [2.45, 2.75) is 39.3 Å². The number of likely N-dealkylation sites (tertiary alicyclic amines) is 1. The van der Waals surface area contributed by atoms with Crippen LogP contribution in [0.25, 0.3) is 0 Å². The summed E-state index contributed by atoms with van der Waals surface area (Å²) in [4.78, 5) is 25.9. The van der Waals surface area contributed by atoms with Crippen LogP contribution in [0.4, 0.5) is 0 Å². The number of Topliss-reactive ketones (excluding diaryl/α,β-unsaturated/α-hetero) is 1. The lowest BCUT2D eigenvalue weighted by Gasteiger charge is -2.26. The van der Waals surface area contributed by atoms with Crippen LogP contribution >= 0.6 is 0 Å². The topological polar surface area (TPSA) is 58.6 Å². The normalized spacial score (nSPS) is 14.5. The number of carbonyl (C=O) groups excluding carboxylic acids is 2. The maximum Gasteiger partial charge on any atom is 0.258 e. The molecule has 0 bridgehead atoms. The molecule has 5 nitrogen and oxygen atoms in total. The SMILES string of the molecule is CC(=O)c1cccc(OCC(=O)NCc2ccc(CN3CCCCC3)cc2)c1. The van der Waals surface area contributed by atoms with E-state index in [2.05, 4.69) is 34.5 Å². The molecule has 1 heterocycles. The third kappa shape index (κ3) is 6.20. The molecule has 0 atom stereocenters. The lowest BCUT2D eigenvalue weighted by Crippen LogP contribution is -2.29. The van der Waals surface area contributed by atoms with E-state index in [0.717, 1.165) is 12.1 Å². The number of amides is 1. The maximum absolute atomic E-state index is 12.0. The molecule has 0 unspecified atom stereocenters. The fourth-order valence-corrected chi connectivity index (χ4v) is 3.34. The van der Waals surface area contributed by atoms with Gasteiger partial charge in [-0.05, 0) is 56.1 Å². The number of rotatable bonds is 8. The monoisotopic (exact) mass is 380 g/mol. The molecule has 0 aromatic heterocycles. The first kappa shape index (κ1) is 20.1. The molecule has 5 heteroatoms. The number of piperidine rings is 1. The zero-order valence-corrected chi connectivity index (χ0v) is 16.4.